The van der Waals surface area contributed by atoms with Gasteiger partial charge < -0.3 is 9.47 Å². The molecule has 0 aliphatic rings. The molecule has 1 aromatic carbocycles. The molecule has 17 heavy (non-hydrogen) atoms. The maximum absolute atomic E-state index is 5.60. The van der Waals surface area contributed by atoms with Crippen LogP contribution in [0.3, 0.4) is 0 Å². The Labute approximate surface area is 109 Å². The molecule has 0 radical (unpaired) electrons. The molecule has 96 valence electrons. The van der Waals surface area contributed by atoms with E-state index in [4.69, 9.17) is 9.47 Å². The summed E-state index contributed by atoms with van der Waals surface area (Å²) in [5.74, 6) is 1.02. The van der Waals surface area contributed by atoms with Crippen LogP contribution in [0.25, 0.3) is 0 Å². The number of hydrogen-bond donors (Lipinski definition) is 0. The summed E-state index contributed by atoms with van der Waals surface area (Å²) in [6, 6.07) is 10.2. The minimum atomic E-state index is -0.136. The molecule has 0 aromatic heterocycles. The van der Waals surface area contributed by atoms with E-state index in [2.05, 4.69) is 26.0 Å². The lowest BCUT2D eigenvalue weighted by molar-refractivity contribution is -0.133. The van der Waals surface area contributed by atoms with Crippen LogP contribution in [0, 0.1) is 0 Å². The maximum atomic E-state index is 5.60. The molecule has 1 unspecified atom stereocenters. The summed E-state index contributed by atoms with van der Waals surface area (Å²) in [4.78, 5) is 0. The lowest BCUT2D eigenvalue weighted by atomic mass is 10.2. The minimum absolute atomic E-state index is 0.136. The van der Waals surface area contributed by atoms with E-state index in [1.54, 1.807) is 0 Å². The van der Waals surface area contributed by atoms with Gasteiger partial charge in [-0.15, -0.1) is 0 Å². The molecule has 0 heterocycles. The number of ether oxygens (including phenoxy) is 2. The molecule has 1 aromatic rings. The van der Waals surface area contributed by atoms with E-state index in [1.807, 2.05) is 36.9 Å². The van der Waals surface area contributed by atoms with Crippen LogP contribution in [-0.4, -0.2) is 23.9 Å². The molecule has 1 rings (SSSR count). The molecular weight excluding hydrogens is 232 g/mol. The summed E-state index contributed by atoms with van der Waals surface area (Å²) in [5.41, 5.74) is 1.18. The Morgan fingerprint density at radius 1 is 1.06 bits per heavy atom. The topological polar surface area (TPSA) is 18.5 Å². The molecule has 0 spiro atoms. The Kier molecular flexibility index (Phi) is 7.33. The zero-order chi connectivity index (χ0) is 12.5. The second kappa shape index (κ2) is 8.56. The van der Waals surface area contributed by atoms with Crippen molar-refractivity contribution >= 4 is 11.8 Å². The van der Waals surface area contributed by atoms with Gasteiger partial charge in [-0.2, -0.15) is 11.8 Å². The fraction of sp³-hybridized carbons (Fsp3) is 0.571. The van der Waals surface area contributed by atoms with Crippen LogP contribution in [-0.2, 0) is 16.1 Å². The van der Waals surface area contributed by atoms with E-state index in [0.717, 1.165) is 12.4 Å². The van der Waals surface area contributed by atoms with Crippen LogP contribution < -0.4 is 0 Å². The molecule has 2 nitrogen and oxygen atoms in total. The third-order valence-electron chi connectivity index (χ3n) is 2.21. The van der Waals surface area contributed by atoms with Gasteiger partial charge in [-0.3, -0.25) is 0 Å². The van der Waals surface area contributed by atoms with Gasteiger partial charge in [-0.1, -0.05) is 44.2 Å². The maximum Gasteiger partial charge on any atom is 0.155 e. The molecule has 0 fully saturated rings. The quantitative estimate of drug-likeness (QED) is 0.520. The summed E-state index contributed by atoms with van der Waals surface area (Å²) in [6.07, 6.45) is -0.136. The van der Waals surface area contributed by atoms with Crippen molar-refractivity contribution < 1.29 is 9.47 Å². The smallest absolute Gasteiger partial charge is 0.155 e. The minimum Gasteiger partial charge on any atom is -0.352 e. The van der Waals surface area contributed by atoms with Gasteiger partial charge in [-0.05, 0) is 17.7 Å². The van der Waals surface area contributed by atoms with Crippen molar-refractivity contribution in [2.75, 3.05) is 12.4 Å². The molecule has 0 N–H and O–H groups in total. The molecule has 0 saturated heterocycles. The highest BCUT2D eigenvalue weighted by molar-refractivity contribution is 7.99. The molecule has 0 aliphatic carbocycles. The fourth-order valence-corrected chi connectivity index (χ4v) is 2.00. The lowest BCUT2D eigenvalue weighted by Gasteiger charge is -2.14. The van der Waals surface area contributed by atoms with Gasteiger partial charge in [0.2, 0.25) is 0 Å². The Hall–Kier alpha value is -0.510. The van der Waals surface area contributed by atoms with Crippen molar-refractivity contribution in [3.63, 3.8) is 0 Å². The highest BCUT2D eigenvalue weighted by atomic mass is 32.2. The fourth-order valence-electron chi connectivity index (χ4n) is 1.33. The van der Waals surface area contributed by atoms with Gasteiger partial charge in [0.25, 0.3) is 0 Å². The van der Waals surface area contributed by atoms with Crippen molar-refractivity contribution in [2.24, 2.45) is 0 Å². The summed E-state index contributed by atoms with van der Waals surface area (Å²) < 4.78 is 11.2. The standard InChI is InChI=1S/C14H22O2S/c1-12(2)17-10-9-15-13(3)16-11-14-7-5-4-6-8-14/h4-8,12-13H,9-11H2,1-3H3. The normalized spacial score (nSPS) is 12.9. The van der Waals surface area contributed by atoms with Gasteiger partial charge in [0.05, 0.1) is 13.2 Å². The first-order valence-corrected chi connectivity index (χ1v) is 7.12. The summed E-state index contributed by atoms with van der Waals surface area (Å²) in [5, 5.41) is 0.666. The zero-order valence-electron chi connectivity index (χ0n) is 10.9. The SMILES string of the molecule is CC(OCCSC(C)C)OCc1ccccc1. The summed E-state index contributed by atoms with van der Waals surface area (Å²) in [6.45, 7) is 7.70. The van der Waals surface area contributed by atoms with Crippen LogP contribution in [0.1, 0.15) is 26.3 Å². The average Bonchev–Trinajstić information content (AvgIpc) is 2.33. The molecule has 3 heteroatoms. The van der Waals surface area contributed by atoms with Crippen LogP contribution in [0.4, 0.5) is 0 Å². The van der Waals surface area contributed by atoms with E-state index in [9.17, 15) is 0 Å². The first-order valence-electron chi connectivity index (χ1n) is 6.07. The van der Waals surface area contributed by atoms with Gasteiger partial charge in [0, 0.05) is 5.75 Å². The highest BCUT2D eigenvalue weighted by Gasteiger charge is 2.02. The monoisotopic (exact) mass is 254 g/mol. The third kappa shape index (κ3) is 7.42. The van der Waals surface area contributed by atoms with Gasteiger partial charge in [-0.25, -0.2) is 0 Å². The first-order chi connectivity index (χ1) is 8.18. The van der Waals surface area contributed by atoms with Crippen LogP contribution in [0.2, 0.25) is 0 Å². The lowest BCUT2D eigenvalue weighted by Crippen LogP contribution is -2.15. The van der Waals surface area contributed by atoms with E-state index < -0.39 is 0 Å². The number of rotatable bonds is 8. The molecular formula is C14H22O2S. The van der Waals surface area contributed by atoms with Crippen LogP contribution in [0.15, 0.2) is 30.3 Å². The Bertz CT molecular complexity index is 288. The molecule has 0 saturated carbocycles. The second-order valence-electron chi connectivity index (χ2n) is 4.15. The predicted molar refractivity (Wildman–Crippen MR) is 74.2 cm³/mol. The van der Waals surface area contributed by atoms with Gasteiger partial charge >= 0.3 is 0 Å². The summed E-state index contributed by atoms with van der Waals surface area (Å²) >= 11 is 1.91. The first kappa shape index (κ1) is 14.6. The van der Waals surface area contributed by atoms with E-state index in [-0.39, 0.29) is 6.29 Å². The van der Waals surface area contributed by atoms with Crippen molar-refractivity contribution in [1.29, 1.82) is 0 Å². The number of thioether (sulfide) groups is 1. The van der Waals surface area contributed by atoms with Crippen molar-refractivity contribution in [2.45, 2.75) is 38.9 Å². The second-order valence-corrected chi connectivity index (χ2v) is 5.84. The van der Waals surface area contributed by atoms with Crippen molar-refractivity contribution in [3.8, 4) is 0 Å². The highest BCUT2D eigenvalue weighted by Crippen LogP contribution is 2.09. The third-order valence-corrected chi connectivity index (χ3v) is 3.28. The van der Waals surface area contributed by atoms with Gasteiger partial charge in [0.15, 0.2) is 6.29 Å². The molecule has 0 amide bonds. The zero-order valence-corrected chi connectivity index (χ0v) is 11.7. The van der Waals surface area contributed by atoms with E-state index in [1.165, 1.54) is 5.56 Å². The predicted octanol–water partition coefficient (Wildman–Crippen LogP) is 3.71. The van der Waals surface area contributed by atoms with Crippen LogP contribution >= 0.6 is 11.8 Å². The van der Waals surface area contributed by atoms with Crippen molar-refractivity contribution in [1.82, 2.24) is 0 Å². The number of hydrogen-bond acceptors (Lipinski definition) is 3. The van der Waals surface area contributed by atoms with Crippen LogP contribution in [0.5, 0.6) is 0 Å². The largest absolute Gasteiger partial charge is 0.352 e. The Balaban J connectivity index is 2.07. The molecule has 0 bridgehead atoms. The average molecular weight is 254 g/mol. The molecule has 1 atom stereocenters. The van der Waals surface area contributed by atoms with E-state index >= 15 is 0 Å². The summed E-state index contributed by atoms with van der Waals surface area (Å²) in [7, 11) is 0. The van der Waals surface area contributed by atoms with E-state index in [0.29, 0.717) is 11.9 Å². The van der Waals surface area contributed by atoms with Gasteiger partial charge in [0.1, 0.15) is 0 Å². The molecule has 0 aliphatic heterocycles. The van der Waals surface area contributed by atoms with Crippen molar-refractivity contribution in [3.05, 3.63) is 35.9 Å². The number of benzene rings is 1. The Morgan fingerprint density at radius 3 is 2.41 bits per heavy atom. The Morgan fingerprint density at radius 2 is 1.76 bits per heavy atom.